The summed E-state index contributed by atoms with van der Waals surface area (Å²) in [6.45, 7) is 6.77. The van der Waals surface area contributed by atoms with Crippen molar-refractivity contribution in [3.63, 3.8) is 0 Å². The summed E-state index contributed by atoms with van der Waals surface area (Å²) in [4.78, 5) is 2.26. The average molecular weight is 687 g/mol. The monoisotopic (exact) mass is 686 g/mol. The highest BCUT2D eigenvalue weighted by atomic mass is 16.4. The molecule has 0 fully saturated rings. The minimum absolute atomic E-state index is 0.107. The summed E-state index contributed by atoms with van der Waals surface area (Å²) in [6.07, 6.45) is 0. The van der Waals surface area contributed by atoms with Crippen LogP contribution < -0.4 is 4.90 Å². The third-order valence-corrected chi connectivity index (χ3v) is 9.96. The van der Waals surface area contributed by atoms with E-state index in [9.17, 15) is 0 Å². The lowest BCUT2D eigenvalue weighted by Crippen LogP contribution is -2.10. The molecule has 0 N–H and O–H groups in total. The molecular formula is C48H38N4O. The molecule has 5 nitrogen and oxygen atoms in total. The lowest BCUT2D eigenvalue weighted by atomic mass is 9.87. The standard InChI is InChI=1S/C48H38N4O/c1-48(2,3)37-23-29-41(30-24-37)52-44-17-11-10-16-42(44)43-32-36(22-31-45(43)52)33-18-25-39(26-19-33)51(38-14-8-5-9-15-38)40-27-20-35(21-28-40)47-50-49-46(53-47)34-12-6-4-7-13-34/h4-32H,1-3H3. The molecule has 0 bridgehead atoms. The Balaban J connectivity index is 1.04. The fourth-order valence-electron chi connectivity index (χ4n) is 7.16. The molecule has 0 aliphatic rings. The van der Waals surface area contributed by atoms with Crippen molar-refractivity contribution in [2.24, 2.45) is 0 Å². The molecule has 9 aromatic rings. The summed E-state index contributed by atoms with van der Waals surface area (Å²) >= 11 is 0. The summed E-state index contributed by atoms with van der Waals surface area (Å²) in [5.74, 6) is 0.996. The Morgan fingerprint density at radius 2 is 0.962 bits per heavy atom. The zero-order valence-electron chi connectivity index (χ0n) is 29.9. The van der Waals surface area contributed by atoms with Crippen LogP contribution in [-0.2, 0) is 5.41 Å². The molecule has 2 aromatic heterocycles. The third-order valence-electron chi connectivity index (χ3n) is 9.96. The van der Waals surface area contributed by atoms with Gasteiger partial charge in [0.05, 0.1) is 11.0 Å². The van der Waals surface area contributed by atoms with Gasteiger partial charge in [-0.3, -0.25) is 0 Å². The molecule has 256 valence electrons. The number of hydrogen-bond acceptors (Lipinski definition) is 4. The number of nitrogens with zero attached hydrogens (tertiary/aromatic N) is 4. The fraction of sp³-hybridized carbons (Fsp3) is 0.0833. The van der Waals surface area contributed by atoms with Crippen molar-refractivity contribution in [3.8, 4) is 39.7 Å². The Morgan fingerprint density at radius 1 is 0.453 bits per heavy atom. The topological polar surface area (TPSA) is 47.1 Å². The third kappa shape index (κ3) is 6.06. The largest absolute Gasteiger partial charge is 0.416 e. The Morgan fingerprint density at radius 3 is 1.60 bits per heavy atom. The number of rotatable bonds is 7. The van der Waals surface area contributed by atoms with Crippen LogP contribution in [0, 0.1) is 0 Å². The zero-order valence-corrected chi connectivity index (χ0v) is 29.9. The Labute approximate surface area is 309 Å². The minimum Gasteiger partial charge on any atom is -0.416 e. The first-order valence-corrected chi connectivity index (χ1v) is 18.0. The second kappa shape index (κ2) is 13.1. The summed E-state index contributed by atoms with van der Waals surface area (Å²) < 4.78 is 8.42. The fourth-order valence-corrected chi connectivity index (χ4v) is 7.16. The molecular weight excluding hydrogens is 649 g/mol. The van der Waals surface area contributed by atoms with Gasteiger partial charge < -0.3 is 13.9 Å². The van der Waals surface area contributed by atoms with Crippen LogP contribution in [-0.4, -0.2) is 14.8 Å². The van der Waals surface area contributed by atoms with Crippen molar-refractivity contribution in [2.75, 3.05) is 4.90 Å². The first-order chi connectivity index (χ1) is 25.9. The molecule has 0 unspecified atom stereocenters. The number of para-hydroxylation sites is 2. The molecule has 0 saturated heterocycles. The van der Waals surface area contributed by atoms with Gasteiger partial charge >= 0.3 is 0 Å². The van der Waals surface area contributed by atoms with E-state index in [-0.39, 0.29) is 5.41 Å². The van der Waals surface area contributed by atoms with Gasteiger partial charge in [-0.1, -0.05) is 106 Å². The van der Waals surface area contributed by atoms with Crippen molar-refractivity contribution in [1.29, 1.82) is 0 Å². The van der Waals surface area contributed by atoms with E-state index >= 15 is 0 Å². The van der Waals surface area contributed by atoms with Crippen LogP contribution in [0.3, 0.4) is 0 Å². The number of fused-ring (bicyclic) bond motifs is 3. The number of aromatic nitrogens is 3. The van der Waals surface area contributed by atoms with E-state index in [0.717, 1.165) is 33.8 Å². The van der Waals surface area contributed by atoms with Crippen molar-refractivity contribution >= 4 is 38.9 Å². The van der Waals surface area contributed by atoms with Crippen LogP contribution in [0.1, 0.15) is 26.3 Å². The van der Waals surface area contributed by atoms with E-state index in [2.05, 4.69) is 168 Å². The highest BCUT2D eigenvalue weighted by Crippen LogP contribution is 2.39. The van der Waals surface area contributed by atoms with Gasteiger partial charge in [-0.25, -0.2) is 0 Å². The minimum atomic E-state index is 0.107. The summed E-state index contributed by atoms with van der Waals surface area (Å²) in [6, 6.07) is 61.9. The van der Waals surface area contributed by atoms with E-state index in [0.29, 0.717) is 11.8 Å². The molecule has 9 rings (SSSR count). The maximum atomic E-state index is 6.03. The molecule has 7 aromatic carbocycles. The Bertz CT molecular complexity index is 2670. The molecule has 0 radical (unpaired) electrons. The van der Waals surface area contributed by atoms with Crippen molar-refractivity contribution in [2.45, 2.75) is 26.2 Å². The van der Waals surface area contributed by atoms with Gasteiger partial charge in [0.15, 0.2) is 0 Å². The molecule has 2 heterocycles. The van der Waals surface area contributed by atoms with E-state index in [4.69, 9.17) is 4.42 Å². The molecule has 53 heavy (non-hydrogen) atoms. The summed E-state index contributed by atoms with van der Waals surface area (Å²) in [7, 11) is 0. The number of anilines is 3. The van der Waals surface area contributed by atoms with Crippen molar-refractivity contribution in [3.05, 3.63) is 181 Å². The second-order valence-corrected chi connectivity index (χ2v) is 14.4. The summed E-state index contributed by atoms with van der Waals surface area (Å²) in [5, 5.41) is 11.1. The molecule has 0 aliphatic carbocycles. The highest BCUT2D eigenvalue weighted by Gasteiger charge is 2.18. The van der Waals surface area contributed by atoms with E-state index in [1.165, 1.54) is 38.6 Å². The van der Waals surface area contributed by atoms with Crippen LogP contribution in [0.2, 0.25) is 0 Å². The molecule has 0 amide bonds. The predicted octanol–water partition coefficient (Wildman–Crippen LogP) is 12.9. The van der Waals surface area contributed by atoms with Gasteiger partial charge in [-0.05, 0) is 113 Å². The van der Waals surface area contributed by atoms with Gasteiger partial charge in [0.1, 0.15) is 0 Å². The van der Waals surface area contributed by atoms with Crippen molar-refractivity contribution in [1.82, 2.24) is 14.8 Å². The molecule has 5 heteroatoms. The van der Waals surface area contributed by atoms with Crippen LogP contribution in [0.25, 0.3) is 61.5 Å². The SMILES string of the molecule is CC(C)(C)c1ccc(-n2c3ccccc3c3cc(-c4ccc(N(c5ccccc5)c5ccc(-c6nnc(-c7ccccc7)o6)cc5)cc4)ccc32)cc1. The van der Waals surface area contributed by atoms with E-state index in [1.807, 2.05) is 48.5 Å². The van der Waals surface area contributed by atoms with Crippen LogP contribution >= 0.6 is 0 Å². The molecule has 0 atom stereocenters. The first kappa shape index (κ1) is 32.2. The maximum Gasteiger partial charge on any atom is 0.248 e. The summed E-state index contributed by atoms with van der Waals surface area (Å²) in [5.41, 5.74) is 12.3. The number of hydrogen-bond donors (Lipinski definition) is 0. The molecule has 0 spiro atoms. The van der Waals surface area contributed by atoms with Crippen LogP contribution in [0.5, 0.6) is 0 Å². The van der Waals surface area contributed by atoms with Gasteiger partial charge in [0, 0.05) is 44.6 Å². The lowest BCUT2D eigenvalue weighted by molar-refractivity contribution is 0.584. The predicted molar refractivity (Wildman–Crippen MR) is 218 cm³/mol. The van der Waals surface area contributed by atoms with Crippen LogP contribution in [0.4, 0.5) is 17.1 Å². The van der Waals surface area contributed by atoms with Crippen molar-refractivity contribution < 1.29 is 4.42 Å². The van der Waals surface area contributed by atoms with Crippen LogP contribution in [0.15, 0.2) is 180 Å². The van der Waals surface area contributed by atoms with E-state index in [1.54, 1.807) is 0 Å². The van der Waals surface area contributed by atoms with Gasteiger partial charge in [0.25, 0.3) is 0 Å². The van der Waals surface area contributed by atoms with Gasteiger partial charge in [-0.15, -0.1) is 10.2 Å². The zero-order chi connectivity index (χ0) is 35.9. The molecule has 0 aliphatic heterocycles. The first-order valence-electron chi connectivity index (χ1n) is 18.0. The molecule has 0 saturated carbocycles. The second-order valence-electron chi connectivity index (χ2n) is 14.4. The smallest absolute Gasteiger partial charge is 0.248 e. The van der Waals surface area contributed by atoms with E-state index < -0.39 is 0 Å². The number of benzene rings is 7. The Kier molecular flexibility index (Phi) is 7.97. The maximum absolute atomic E-state index is 6.03. The quantitative estimate of drug-likeness (QED) is 0.167. The Hall–Kier alpha value is -6.72. The normalized spacial score (nSPS) is 11.7. The lowest BCUT2D eigenvalue weighted by Gasteiger charge is -2.25. The average Bonchev–Trinajstić information content (AvgIpc) is 3.83. The highest BCUT2D eigenvalue weighted by molar-refractivity contribution is 6.10. The van der Waals surface area contributed by atoms with Gasteiger partial charge in [-0.2, -0.15) is 0 Å². The van der Waals surface area contributed by atoms with Gasteiger partial charge in [0.2, 0.25) is 11.8 Å².